The van der Waals surface area contributed by atoms with Crippen LogP contribution in [-0.2, 0) is 0 Å². The van der Waals surface area contributed by atoms with Crippen LogP contribution in [0.15, 0.2) is 152 Å². The summed E-state index contributed by atoms with van der Waals surface area (Å²) in [5.41, 5.74) is 15.2. The highest BCUT2D eigenvalue weighted by Crippen LogP contribution is 2.48. The van der Waals surface area contributed by atoms with Crippen molar-refractivity contribution in [1.82, 2.24) is 4.98 Å². The van der Waals surface area contributed by atoms with Crippen molar-refractivity contribution in [3.05, 3.63) is 152 Å². The molecule has 1 aromatic heterocycles. The zero-order chi connectivity index (χ0) is 27.6. The zero-order valence-corrected chi connectivity index (χ0v) is 22.9. The maximum absolute atomic E-state index is 4.23. The Morgan fingerprint density at radius 2 is 1.00 bits per heavy atom. The molecule has 2 nitrogen and oxygen atoms in total. The Kier molecular flexibility index (Phi) is 5.03. The summed E-state index contributed by atoms with van der Waals surface area (Å²) in [5, 5.41) is 2.54. The number of hydrogen-bond acceptors (Lipinski definition) is 2. The minimum Gasteiger partial charge on any atom is -0.376 e. The van der Waals surface area contributed by atoms with Crippen LogP contribution in [0.5, 0.6) is 0 Å². The molecular formula is C39H25BN2. The van der Waals surface area contributed by atoms with Gasteiger partial charge in [-0.3, -0.25) is 4.98 Å². The zero-order valence-electron chi connectivity index (χ0n) is 22.9. The Balaban J connectivity index is 1.30. The van der Waals surface area contributed by atoms with Gasteiger partial charge in [0, 0.05) is 34.9 Å². The molecule has 9 rings (SSSR count). The van der Waals surface area contributed by atoms with Gasteiger partial charge in [-0.1, -0.05) is 103 Å². The second-order valence-corrected chi connectivity index (χ2v) is 11.2. The third kappa shape index (κ3) is 3.37. The number of rotatable bonds is 2. The van der Waals surface area contributed by atoms with E-state index in [4.69, 9.17) is 0 Å². The SMILES string of the molecule is c1ccc2c(c1)B1c3ccccc3-c3cc(-c4cccc5ccccc45)ccc3N1c1ccc(-c3ccncc3)cc1-2. The van der Waals surface area contributed by atoms with Crippen LogP contribution in [0.4, 0.5) is 11.4 Å². The molecule has 3 heterocycles. The van der Waals surface area contributed by atoms with Gasteiger partial charge < -0.3 is 4.81 Å². The van der Waals surface area contributed by atoms with Crippen molar-refractivity contribution in [1.29, 1.82) is 0 Å². The smallest absolute Gasteiger partial charge is 0.329 e. The number of pyridine rings is 1. The van der Waals surface area contributed by atoms with Crippen LogP contribution in [0.2, 0.25) is 0 Å². The van der Waals surface area contributed by atoms with Gasteiger partial charge in [0.05, 0.1) is 0 Å². The van der Waals surface area contributed by atoms with E-state index in [2.05, 4.69) is 149 Å². The molecule has 0 amide bonds. The number of anilines is 2. The van der Waals surface area contributed by atoms with Gasteiger partial charge in [0.25, 0.3) is 0 Å². The fraction of sp³-hybridized carbons (Fsp3) is 0. The lowest BCUT2D eigenvalue weighted by molar-refractivity contribution is 1.32. The van der Waals surface area contributed by atoms with Gasteiger partial charge in [0.2, 0.25) is 0 Å². The second-order valence-electron chi connectivity index (χ2n) is 11.2. The van der Waals surface area contributed by atoms with Crippen LogP contribution >= 0.6 is 0 Å². The molecule has 2 aliphatic rings. The summed E-state index contributed by atoms with van der Waals surface area (Å²) in [7, 11) is 0. The van der Waals surface area contributed by atoms with Crippen LogP contribution in [0, 0.1) is 0 Å². The van der Waals surface area contributed by atoms with E-state index in [1.807, 2.05) is 12.4 Å². The molecule has 0 saturated carbocycles. The number of aromatic nitrogens is 1. The summed E-state index contributed by atoms with van der Waals surface area (Å²) < 4.78 is 0. The molecule has 0 aliphatic carbocycles. The first-order chi connectivity index (χ1) is 20.8. The van der Waals surface area contributed by atoms with E-state index in [0.717, 1.165) is 0 Å². The molecule has 0 bridgehead atoms. The second kappa shape index (κ2) is 9.05. The van der Waals surface area contributed by atoms with Crippen molar-refractivity contribution in [2.75, 3.05) is 4.81 Å². The summed E-state index contributed by atoms with van der Waals surface area (Å²) in [6.07, 6.45) is 3.73. The molecule has 42 heavy (non-hydrogen) atoms. The highest BCUT2D eigenvalue weighted by Gasteiger charge is 2.42. The van der Waals surface area contributed by atoms with Crippen molar-refractivity contribution >= 4 is 39.9 Å². The topological polar surface area (TPSA) is 16.1 Å². The molecule has 0 fully saturated rings. The average molecular weight is 532 g/mol. The molecule has 0 spiro atoms. The molecule has 0 N–H and O–H groups in total. The molecule has 2 aliphatic heterocycles. The molecule has 0 saturated heterocycles. The number of nitrogens with zero attached hydrogens (tertiary/aromatic N) is 2. The van der Waals surface area contributed by atoms with Crippen molar-refractivity contribution in [2.45, 2.75) is 0 Å². The van der Waals surface area contributed by atoms with E-state index in [-0.39, 0.29) is 6.85 Å². The number of fused-ring (bicyclic) bond motifs is 12. The van der Waals surface area contributed by atoms with Crippen molar-refractivity contribution in [2.24, 2.45) is 0 Å². The van der Waals surface area contributed by atoms with Crippen molar-refractivity contribution in [3.63, 3.8) is 0 Å². The average Bonchev–Trinajstić information content (AvgIpc) is 3.07. The third-order valence-corrected chi connectivity index (χ3v) is 8.98. The molecule has 6 aromatic carbocycles. The predicted octanol–water partition coefficient (Wildman–Crippen LogP) is 8.47. The lowest BCUT2D eigenvalue weighted by atomic mass is 9.43. The van der Waals surface area contributed by atoms with E-state index >= 15 is 0 Å². The lowest BCUT2D eigenvalue weighted by Crippen LogP contribution is -2.59. The molecule has 0 unspecified atom stereocenters. The van der Waals surface area contributed by atoms with Crippen LogP contribution < -0.4 is 15.7 Å². The van der Waals surface area contributed by atoms with Crippen LogP contribution in [-0.4, -0.2) is 11.8 Å². The quantitative estimate of drug-likeness (QED) is 0.208. The first-order valence-corrected chi connectivity index (χ1v) is 14.5. The van der Waals surface area contributed by atoms with E-state index < -0.39 is 0 Å². The normalized spacial score (nSPS) is 12.7. The van der Waals surface area contributed by atoms with Gasteiger partial charge in [-0.25, -0.2) is 0 Å². The van der Waals surface area contributed by atoms with Crippen LogP contribution in [0.3, 0.4) is 0 Å². The van der Waals surface area contributed by atoms with Gasteiger partial charge in [-0.05, 0) is 91.5 Å². The number of hydrogen-bond donors (Lipinski definition) is 0. The van der Waals surface area contributed by atoms with E-state index in [9.17, 15) is 0 Å². The van der Waals surface area contributed by atoms with Crippen molar-refractivity contribution < 1.29 is 0 Å². The van der Waals surface area contributed by atoms with Crippen molar-refractivity contribution in [3.8, 4) is 44.5 Å². The van der Waals surface area contributed by atoms with Gasteiger partial charge in [0.1, 0.15) is 0 Å². The Bertz CT molecular complexity index is 2160. The molecule has 0 atom stereocenters. The molecule has 7 aromatic rings. The van der Waals surface area contributed by atoms with Gasteiger partial charge in [0.15, 0.2) is 0 Å². The minimum absolute atomic E-state index is 0.104. The highest BCUT2D eigenvalue weighted by molar-refractivity contribution is 6.92. The summed E-state index contributed by atoms with van der Waals surface area (Å²) >= 11 is 0. The van der Waals surface area contributed by atoms with Gasteiger partial charge in [-0.2, -0.15) is 0 Å². The Morgan fingerprint density at radius 1 is 0.429 bits per heavy atom. The van der Waals surface area contributed by atoms with Crippen LogP contribution in [0.25, 0.3) is 55.3 Å². The maximum atomic E-state index is 4.23. The van der Waals surface area contributed by atoms with Gasteiger partial charge >= 0.3 is 6.85 Å². The van der Waals surface area contributed by atoms with Gasteiger partial charge in [-0.15, -0.1) is 0 Å². The third-order valence-electron chi connectivity index (χ3n) is 8.98. The van der Waals surface area contributed by atoms with E-state index in [1.54, 1.807) is 0 Å². The summed E-state index contributed by atoms with van der Waals surface area (Å²) in [6, 6.07) is 51.3. The molecular weight excluding hydrogens is 507 g/mol. The number of benzene rings is 6. The molecule has 3 heteroatoms. The summed E-state index contributed by atoms with van der Waals surface area (Å²) in [5.74, 6) is 0. The summed E-state index contributed by atoms with van der Waals surface area (Å²) in [4.78, 5) is 6.80. The highest BCUT2D eigenvalue weighted by atomic mass is 15.1. The Labute approximate surface area is 245 Å². The minimum atomic E-state index is 0.104. The standard InChI is InChI=1S/C39H25BN2/c1-2-10-30-27(8-1)9-7-13-31(30)29-17-19-39-35(25-29)33-12-4-6-15-37(33)40-36-14-5-3-11-32(36)34-24-28(16-18-38(34)42(39)40)26-20-22-41-23-21-26/h1-25H. The molecule has 0 radical (unpaired) electrons. The van der Waals surface area contributed by atoms with Crippen LogP contribution in [0.1, 0.15) is 0 Å². The lowest BCUT2D eigenvalue weighted by Gasteiger charge is -2.43. The van der Waals surface area contributed by atoms with E-state index in [0.29, 0.717) is 0 Å². The fourth-order valence-electron chi connectivity index (χ4n) is 7.11. The molecule has 194 valence electrons. The largest absolute Gasteiger partial charge is 0.376 e. The maximum Gasteiger partial charge on any atom is 0.329 e. The fourth-order valence-corrected chi connectivity index (χ4v) is 7.11. The monoisotopic (exact) mass is 532 g/mol. The first-order valence-electron chi connectivity index (χ1n) is 14.5. The summed E-state index contributed by atoms with van der Waals surface area (Å²) in [6.45, 7) is 0.104. The Hall–Kier alpha value is -5.41. The van der Waals surface area contributed by atoms with E-state index in [1.165, 1.54) is 77.6 Å². The Morgan fingerprint density at radius 3 is 1.74 bits per heavy atom. The first kappa shape index (κ1) is 23.3. The predicted molar refractivity (Wildman–Crippen MR) is 177 cm³/mol.